The Morgan fingerprint density at radius 1 is 0.800 bits per heavy atom. The second-order valence-electron chi connectivity index (χ2n) is 8.98. The van der Waals surface area contributed by atoms with Gasteiger partial charge in [0.2, 0.25) is 0 Å². The molecular formula is C23H46OS. The van der Waals surface area contributed by atoms with Crippen LogP contribution in [0.25, 0.3) is 0 Å². The lowest BCUT2D eigenvalue weighted by atomic mass is 9.77. The van der Waals surface area contributed by atoms with Gasteiger partial charge >= 0.3 is 0 Å². The van der Waals surface area contributed by atoms with Gasteiger partial charge in [0.15, 0.2) is 0 Å². The first kappa shape index (κ1) is 25.0. The van der Waals surface area contributed by atoms with Crippen LogP contribution in [-0.2, 0) is 4.79 Å². The van der Waals surface area contributed by atoms with Gasteiger partial charge in [0, 0.05) is 11.8 Å². The van der Waals surface area contributed by atoms with Crippen molar-refractivity contribution >= 4 is 17.5 Å². The molecule has 0 bridgehead atoms. The van der Waals surface area contributed by atoms with Crippen LogP contribution in [0.1, 0.15) is 118 Å². The summed E-state index contributed by atoms with van der Waals surface area (Å²) in [4.78, 5) is 12.7. The van der Waals surface area contributed by atoms with E-state index >= 15 is 0 Å². The molecule has 0 rings (SSSR count). The second-order valence-corrected chi connectivity index (χ2v) is 9.85. The Hall–Kier alpha value is 0.0200. The molecule has 0 aliphatic carbocycles. The van der Waals surface area contributed by atoms with Crippen LogP contribution < -0.4 is 0 Å². The number of ketones is 1. The first-order chi connectivity index (χ1) is 11.8. The molecule has 2 heteroatoms. The summed E-state index contributed by atoms with van der Waals surface area (Å²) < 4.78 is 0. The van der Waals surface area contributed by atoms with Crippen molar-refractivity contribution in [2.24, 2.45) is 10.8 Å². The molecular weight excluding hydrogens is 324 g/mol. The van der Waals surface area contributed by atoms with E-state index in [1.54, 1.807) is 0 Å². The largest absolute Gasteiger partial charge is 0.299 e. The Morgan fingerprint density at radius 2 is 1.32 bits per heavy atom. The molecule has 1 nitrogen and oxygen atoms in total. The molecule has 0 aromatic carbocycles. The topological polar surface area (TPSA) is 17.1 Å². The van der Waals surface area contributed by atoms with Gasteiger partial charge in [-0.1, -0.05) is 92.4 Å². The third kappa shape index (κ3) is 12.1. The van der Waals surface area contributed by atoms with Crippen molar-refractivity contribution < 1.29 is 4.79 Å². The van der Waals surface area contributed by atoms with Crippen molar-refractivity contribution in [3.8, 4) is 0 Å². The van der Waals surface area contributed by atoms with Crippen LogP contribution in [0, 0.1) is 10.8 Å². The molecule has 1 unspecified atom stereocenters. The number of carbonyl (C=O) groups excluding carboxylic acids is 1. The first-order valence-corrected chi connectivity index (χ1v) is 12.2. The Morgan fingerprint density at radius 3 is 1.80 bits per heavy atom. The van der Waals surface area contributed by atoms with Gasteiger partial charge in [0.25, 0.3) is 0 Å². The molecule has 0 aromatic heterocycles. The smallest absolute Gasteiger partial charge is 0.138 e. The average molecular weight is 371 g/mol. The summed E-state index contributed by atoms with van der Waals surface area (Å²) in [7, 11) is 0. The molecule has 0 aromatic rings. The zero-order valence-electron chi connectivity index (χ0n) is 18.2. The number of Topliss-reactive ketones (excluding diaryl/α,β-unsaturated/α-hetero) is 1. The van der Waals surface area contributed by atoms with Crippen molar-refractivity contribution in [1.29, 1.82) is 0 Å². The minimum Gasteiger partial charge on any atom is -0.299 e. The van der Waals surface area contributed by atoms with E-state index in [1.807, 2.05) is 11.8 Å². The molecule has 0 aliphatic heterocycles. The number of hydrogen-bond acceptors (Lipinski definition) is 2. The maximum atomic E-state index is 12.7. The minimum atomic E-state index is -0.130. The zero-order chi connectivity index (χ0) is 19.2. The average Bonchev–Trinajstić information content (AvgIpc) is 2.58. The molecule has 0 amide bonds. The lowest BCUT2D eigenvalue weighted by molar-refractivity contribution is -0.128. The number of carbonyl (C=O) groups is 1. The number of thioether (sulfide) groups is 1. The van der Waals surface area contributed by atoms with Crippen molar-refractivity contribution in [3.63, 3.8) is 0 Å². The predicted octanol–water partition coefficient (Wildman–Crippen LogP) is 8.06. The van der Waals surface area contributed by atoms with Crippen LogP contribution >= 0.6 is 11.8 Å². The van der Waals surface area contributed by atoms with Gasteiger partial charge in [0.05, 0.1) is 0 Å². The molecule has 0 saturated carbocycles. The first-order valence-electron chi connectivity index (χ1n) is 10.8. The van der Waals surface area contributed by atoms with Gasteiger partial charge in [-0.15, -0.1) is 0 Å². The molecule has 0 spiro atoms. The van der Waals surface area contributed by atoms with E-state index in [4.69, 9.17) is 0 Å². The lowest BCUT2D eigenvalue weighted by Crippen LogP contribution is -2.27. The minimum absolute atomic E-state index is 0.130. The maximum absolute atomic E-state index is 12.7. The molecule has 0 radical (unpaired) electrons. The summed E-state index contributed by atoms with van der Waals surface area (Å²) in [6.45, 7) is 11.2. The summed E-state index contributed by atoms with van der Waals surface area (Å²) >= 11 is 1.91. The van der Waals surface area contributed by atoms with Gasteiger partial charge in [0.1, 0.15) is 5.78 Å². The fraction of sp³-hybridized carbons (Fsp3) is 0.957. The Labute approximate surface area is 163 Å². The number of rotatable bonds is 17. The summed E-state index contributed by atoms with van der Waals surface area (Å²) in [5.41, 5.74) is 0.193. The SMILES string of the molecule is CCCCCCCCCCCC(C)(C)C(=O)CCC(C)(CC)CSC. The van der Waals surface area contributed by atoms with Gasteiger partial charge in [-0.3, -0.25) is 4.79 Å². The van der Waals surface area contributed by atoms with Crippen LogP contribution in [-0.4, -0.2) is 17.8 Å². The van der Waals surface area contributed by atoms with Gasteiger partial charge in [-0.2, -0.15) is 11.8 Å². The monoisotopic (exact) mass is 370 g/mol. The van der Waals surface area contributed by atoms with E-state index in [2.05, 4.69) is 40.9 Å². The zero-order valence-corrected chi connectivity index (χ0v) is 19.0. The Bertz CT molecular complexity index is 337. The van der Waals surface area contributed by atoms with E-state index in [1.165, 1.54) is 64.2 Å². The number of hydrogen-bond donors (Lipinski definition) is 0. The standard InChI is InChI=1S/C23H46OS/c1-7-9-10-11-12-13-14-15-16-18-22(3,4)21(24)17-19-23(5,8-2)20-25-6/h7-20H2,1-6H3. The Kier molecular flexibility index (Phi) is 14.1. The molecule has 25 heavy (non-hydrogen) atoms. The van der Waals surface area contributed by atoms with Crippen molar-refractivity contribution in [3.05, 3.63) is 0 Å². The van der Waals surface area contributed by atoms with E-state index in [-0.39, 0.29) is 5.41 Å². The summed E-state index contributed by atoms with van der Waals surface area (Å²) in [5.74, 6) is 1.64. The van der Waals surface area contributed by atoms with E-state index in [9.17, 15) is 4.79 Å². The third-order valence-corrected chi connectivity index (χ3v) is 6.95. The quantitative estimate of drug-likeness (QED) is 0.241. The highest BCUT2D eigenvalue weighted by molar-refractivity contribution is 7.98. The third-order valence-electron chi connectivity index (χ3n) is 5.96. The van der Waals surface area contributed by atoms with Crippen molar-refractivity contribution in [1.82, 2.24) is 0 Å². The fourth-order valence-corrected chi connectivity index (χ4v) is 4.52. The van der Waals surface area contributed by atoms with E-state index < -0.39 is 0 Å². The summed E-state index contributed by atoms with van der Waals surface area (Å²) in [6, 6.07) is 0. The molecule has 150 valence electrons. The van der Waals surface area contributed by atoms with Crippen LogP contribution in [0.15, 0.2) is 0 Å². The highest BCUT2D eigenvalue weighted by atomic mass is 32.2. The van der Waals surface area contributed by atoms with Gasteiger partial charge in [-0.05, 0) is 36.7 Å². The highest BCUT2D eigenvalue weighted by Gasteiger charge is 2.29. The van der Waals surface area contributed by atoms with Crippen LogP contribution in [0.4, 0.5) is 0 Å². The van der Waals surface area contributed by atoms with Crippen molar-refractivity contribution in [2.75, 3.05) is 12.0 Å². The fourth-order valence-electron chi connectivity index (χ4n) is 3.47. The van der Waals surface area contributed by atoms with Crippen molar-refractivity contribution in [2.45, 2.75) is 118 Å². The predicted molar refractivity (Wildman–Crippen MR) is 117 cm³/mol. The van der Waals surface area contributed by atoms with E-state index in [0.29, 0.717) is 11.2 Å². The Balaban J connectivity index is 3.92. The molecule has 0 heterocycles. The molecule has 0 fully saturated rings. The summed E-state index contributed by atoms with van der Waals surface area (Å²) in [6.07, 6.45) is 18.4. The normalized spacial score (nSPS) is 14.5. The maximum Gasteiger partial charge on any atom is 0.138 e. The van der Waals surface area contributed by atoms with Crippen LogP contribution in [0.5, 0.6) is 0 Å². The molecule has 0 N–H and O–H groups in total. The van der Waals surface area contributed by atoms with Gasteiger partial charge < -0.3 is 0 Å². The van der Waals surface area contributed by atoms with Crippen LogP contribution in [0.2, 0.25) is 0 Å². The molecule has 1 atom stereocenters. The summed E-state index contributed by atoms with van der Waals surface area (Å²) in [5, 5.41) is 0. The second kappa shape index (κ2) is 14.1. The van der Waals surface area contributed by atoms with Crippen LogP contribution in [0.3, 0.4) is 0 Å². The highest BCUT2D eigenvalue weighted by Crippen LogP contribution is 2.34. The van der Waals surface area contributed by atoms with Gasteiger partial charge in [-0.25, -0.2) is 0 Å². The lowest BCUT2D eigenvalue weighted by Gasteiger charge is -2.29. The molecule has 0 aliphatic rings. The van der Waals surface area contributed by atoms with E-state index in [0.717, 1.165) is 25.0 Å². The molecule has 0 saturated heterocycles. The number of unbranched alkanes of at least 4 members (excludes halogenated alkanes) is 8.